The van der Waals surface area contributed by atoms with Crippen LogP contribution in [0.1, 0.15) is 113 Å². The highest BCUT2D eigenvalue weighted by Gasteiger charge is 2.63. The summed E-state index contributed by atoms with van der Waals surface area (Å²) in [6.45, 7) is 17.2. The number of aliphatic hydroxyl groups excluding tert-OH is 2. The second-order valence-corrected chi connectivity index (χ2v) is 14.3. The summed E-state index contributed by atoms with van der Waals surface area (Å²) in [5.74, 6) is 0.642. The number of hydrogen-bond donors (Lipinski definition) is 3. The Kier molecular flexibility index (Phi) is 6.32. The van der Waals surface area contributed by atoms with E-state index in [9.17, 15) is 20.1 Å². The van der Waals surface area contributed by atoms with Gasteiger partial charge in [-0.1, -0.05) is 52.7 Å². The average molecular weight is 475 g/mol. The highest BCUT2D eigenvalue weighted by Crippen LogP contribution is 2.72. The molecule has 2 fully saturated rings. The smallest absolute Gasteiger partial charge is 0.166 e. The normalized spacial score (nSPS) is 43.6. The number of ketones is 1. The third-order valence-corrected chi connectivity index (χ3v) is 12.1. The molecule has 4 rings (SSSR count). The van der Waals surface area contributed by atoms with E-state index < -0.39 is 11.7 Å². The first-order chi connectivity index (χ1) is 15.5. The van der Waals surface area contributed by atoms with E-state index in [1.807, 2.05) is 0 Å². The molecule has 0 bridgehead atoms. The molecule has 3 N–H and O–H groups in total. The standard InChI is InChI=1S/C30H50O4/c1-18(22(31)17-25(33)27(4,5)34)19-11-15-30(8)21-9-10-23-26(2,3)24(32)13-14-28(23,6)20(21)12-16-29(19,30)7/h18-19,22-24,31-32,34H,9-17H2,1-8H3/t18-,19+,22?,23?,24-,28+,29+,30-/m0/s1. The van der Waals surface area contributed by atoms with Gasteiger partial charge in [-0.3, -0.25) is 4.79 Å². The predicted molar refractivity (Wildman–Crippen MR) is 136 cm³/mol. The van der Waals surface area contributed by atoms with Crippen LogP contribution in [0.3, 0.4) is 0 Å². The monoisotopic (exact) mass is 474 g/mol. The number of rotatable bonds is 5. The van der Waals surface area contributed by atoms with Gasteiger partial charge in [-0.05, 0) is 105 Å². The van der Waals surface area contributed by atoms with Gasteiger partial charge in [0.25, 0.3) is 0 Å². The van der Waals surface area contributed by atoms with E-state index >= 15 is 0 Å². The third kappa shape index (κ3) is 3.60. The van der Waals surface area contributed by atoms with Crippen molar-refractivity contribution in [3.05, 3.63) is 11.1 Å². The molecule has 4 heteroatoms. The molecule has 0 heterocycles. The van der Waals surface area contributed by atoms with Crippen LogP contribution in [0.4, 0.5) is 0 Å². The van der Waals surface area contributed by atoms with Crippen LogP contribution in [-0.2, 0) is 4.79 Å². The van der Waals surface area contributed by atoms with E-state index in [4.69, 9.17) is 0 Å². The first kappa shape index (κ1) is 26.4. The number of carbonyl (C=O) groups excluding carboxylic acids is 1. The Morgan fingerprint density at radius 3 is 2.26 bits per heavy atom. The Labute approximate surface area is 207 Å². The van der Waals surface area contributed by atoms with E-state index in [0.29, 0.717) is 11.8 Å². The van der Waals surface area contributed by atoms with Gasteiger partial charge < -0.3 is 15.3 Å². The molecule has 0 aliphatic heterocycles. The van der Waals surface area contributed by atoms with Gasteiger partial charge in [0.05, 0.1) is 12.2 Å². The summed E-state index contributed by atoms with van der Waals surface area (Å²) in [5, 5.41) is 31.9. The van der Waals surface area contributed by atoms with E-state index in [-0.39, 0.29) is 45.9 Å². The van der Waals surface area contributed by atoms with Crippen molar-refractivity contribution in [1.82, 2.24) is 0 Å². The van der Waals surface area contributed by atoms with Crippen LogP contribution in [0.15, 0.2) is 11.1 Å². The van der Waals surface area contributed by atoms with Crippen LogP contribution in [-0.4, -0.2) is 38.9 Å². The number of aliphatic hydroxyl groups is 3. The highest BCUT2D eigenvalue weighted by molar-refractivity contribution is 5.86. The first-order valence-corrected chi connectivity index (χ1v) is 13.8. The van der Waals surface area contributed by atoms with Crippen LogP contribution in [0.5, 0.6) is 0 Å². The molecule has 34 heavy (non-hydrogen) atoms. The van der Waals surface area contributed by atoms with Crippen LogP contribution in [0.25, 0.3) is 0 Å². The fourth-order valence-electron chi connectivity index (χ4n) is 9.45. The summed E-state index contributed by atoms with van der Waals surface area (Å²) in [4.78, 5) is 12.4. The third-order valence-electron chi connectivity index (χ3n) is 12.1. The molecule has 4 aliphatic rings. The highest BCUT2D eigenvalue weighted by atomic mass is 16.3. The van der Waals surface area contributed by atoms with Crippen molar-refractivity contribution in [3.8, 4) is 0 Å². The summed E-state index contributed by atoms with van der Waals surface area (Å²) in [7, 11) is 0. The van der Waals surface area contributed by atoms with Crippen molar-refractivity contribution >= 4 is 5.78 Å². The van der Waals surface area contributed by atoms with E-state index in [1.165, 1.54) is 13.8 Å². The van der Waals surface area contributed by atoms with E-state index in [2.05, 4.69) is 41.5 Å². The van der Waals surface area contributed by atoms with Gasteiger partial charge in [0.2, 0.25) is 0 Å². The molecular weight excluding hydrogens is 424 g/mol. The Bertz CT molecular complexity index is 866. The molecule has 4 nitrogen and oxygen atoms in total. The van der Waals surface area contributed by atoms with Gasteiger partial charge in [0, 0.05) is 6.42 Å². The summed E-state index contributed by atoms with van der Waals surface area (Å²) in [6, 6.07) is 0. The van der Waals surface area contributed by atoms with Crippen LogP contribution < -0.4 is 0 Å². The fourth-order valence-corrected chi connectivity index (χ4v) is 9.45. The molecule has 0 radical (unpaired) electrons. The Morgan fingerprint density at radius 2 is 1.65 bits per heavy atom. The number of Topliss-reactive ketones (excluding diaryl/α,β-unsaturated/α-hetero) is 1. The fraction of sp³-hybridized carbons (Fsp3) is 0.900. The molecule has 0 aromatic heterocycles. The van der Waals surface area contributed by atoms with E-state index in [0.717, 1.165) is 51.4 Å². The Hall–Kier alpha value is -0.710. The van der Waals surface area contributed by atoms with Crippen LogP contribution in [0, 0.1) is 39.4 Å². The summed E-state index contributed by atoms with van der Waals surface area (Å²) in [5.41, 5.74) is 2.39. The molecule has 0 amide bonds. The molecular formula is C30H50O4. The maximum Gasteiger partial charge on any atom is 0.166 e. The molecule has 4 aliphatic carbocycles. The van der Waals surface area contributed by atoms with Gasteiger partial charge >= 0.3 is 0 Å². The molecule has 2 saturated carbocycles. The lowest BCUT2D eigenvalue weighted by molar-refractivity contribution is -0.137. The second kappa shape index (κ2) is 8.15. The molecule has 194 valence electrons. The Morgan fingerprint density at radius 1 is 1.00 bits per heavy atom. The minimum Gasteiger partial charge on any atom is -0.393 e. The number of hydrogen-bond acceptors (Lipinski definition) is 4. The topological polar surface area (TPSA) is 77.8 Å². The van der Waals surface area contributed by atoms with Gasteiger partial charge in [-0.2, -0.15) is 0 Å². The molecule has 0 aromatic rings. The van der Waals surface area contributed by atoms with Gasteiger partial charge in [-0.15, -0.1) is 0 Å². The van der Waals surface area contributed by atoms with E-state index in [1.54, 1.807) is 11.1 Å². The van der Waals surface area contributed by atoms with Gasteiger partial charge in [-0.25, -0.2) is 0 Å². The van der Waals surface area contributed by atoms with Crippen molar-refractivity contribution in [1.29, 1.82) is 0 Å². The van der Waals surface area contributed by atoms with Crippen LogP contribution >= 0.6 is 0 Å². The first-order valence-electron chi connectivity index (χ1n) is 13.8. The zero-order valence-electron chi connectivity index (χ0n) is 23.0. The number of allylic oxidation sites excluding steroid dienone is 2. The maximum absolute atomic E-state index is 12.4. The molecule has 8 atom stereocenters. The van der Waals surface area contributed by atoms with Crippen LogP contribution in [0.2, 0.25) is 0 Å². The van der Waals surface area contributed by atoms with Crippen molar-refractivity contribution in [3.63, 3.8) is 0 Å². The minimum atomic E-state index is -1.39. The summed E-state index contributed by atoms with van der Waals surface area (Å²) >= 11 is 0. The van der Waals surface area contributed by atoms with Crippen molar-refractivity contribution in [2.45, 2.75) is 131 Å². The maximum atomic E-state index is 12.4. The minimum absolute atomic E-state index is 0.0240. The molecule has 0 aromatic carbocycles. The SMILES string of the molecule is C[C@H](C(O)CC(=O)C(C)(C)O)[C@H]1CC[C@@]2(C)C3=C(CC[C@]12C)[C@@]1(C)CC[C@H](O)C(C)(C)C1CC3. The number of carbonyl (C=O) groups is 1. The predicted octanol–water partition coefficient (Wildman–Crippen LogP) is 5.82. The largest absolute Gasteiger partial charge is 0.393 e. The van der Waals surface area contributed by atoms with Crippen molar-refractivity contribution in [2.75, 3.05) is 0 Å². The zero-order chi connectivity index (χ0) is 25.5. The lowest BCUT2D eigenvalue weighted by atomic mass is 9.43. The van der Waals surface area contributed by atoms with Crippen molar-refractivity contribution < 1.29 is 20.1 Å². The second-order valence-electron chi connectivity index (χ2n) is 14.3. The Balaban J connectivity index is 1.64. The van der Waals surface area contributed by atoms with Gasteiger partial charge in [0.1, 0.15) is 5.60 Å². The zero-order valence-corrected chi connectivity index (χ0v) is 23.0. The summed E-state index contributed by atoms with van der Waals surface area (Å²) in [6.07, 6.45) is 7.88. The molecule has 2 unspecified atom stereocenters. The lowest BCUT2D eigenvalue weighted by Crippen LogP contribution is -2.55. The quantitative estimate of drug-likeness (QED) is 0.439. The van der Waals surface area contributed by atoms with Crippen molar-refractivity contribution in [2.24, 2.45) is 39.4 Å². The average Bonchev–Trinajstić information content (AvgIpc) is 3.01. The number of fused-ring (bicyclic) bond motifs is 4. The summed E-state index contributed by atoms with van der Waals surface area (Å²) < 4.78 is 0. The lowest BCUT2D eigenvalue weighted by Gasteiger charge is -2.62. The van der Waals surface area contributed by atoms with Gasteiger partial charge in [0.15, 0.2) is 5.78 Å². The molecule has 0 saturated heterocycles. The molecule has 0 spiro atoms.